The summed E-state index contributed by atoms with van der Waals surface area (Å²) < 4.78 is 36.6. The van der Waals surface area contributed by atoms with Gasteiger partial charge in [-0.15, -0.1) is 0 Å². The van der Waals surface area contributed by atoms with Crippen LogP contribution in [0.5, 0.6) is 5.75 Å². The van der Waals surface area contributed by atoms with Gasteiger partial charge in [-0.2, -0.15) is 0 Å². The first-order chi connectivity index (χ1) is 15.1. The summed E-state index contributed by atoms with van der Waals surface area (Å²) in [5, 5.41) is 6.55. The van der Waals surface area contributed by atoms with Crippen LogP contribution in [0.3, 0.4) is 0 Å². The van der Waals surface area contributed by atoms with E-state index >= 15 is 0 Å². The topological polar surface area (TPSA) is 116 Å². The molecule has 0 aliphatic rings. The minimum atomic E-state index is -3.84. The maximum absolute atomic E-state index is 13.0. The van der Waals surface area contributed by atoms with Crippen molar-refractivity contribution in [2.45, 2.75) is 32.1 Å². The fraction of sp³-hybridized carbons (Fsp3) is 0.261. The molecule has 3 rings (SSSR count). The monoisotopic (exact) mass is 456 g/mol. The Bertz CT molecular complexity index is 1260. The van der Waals surface area contributed by atoms with Crippen molar-refractivity contribution in [3.05, 3.63) is 59.3 Å². The van der Waals surface area contributed by atoms with Gasteiger partial charge in [-0.05, 0) is 63.2 Å². The Morgan fingerprint density at radius 1 is 1.09 bits per heavy atom. The molecule has 0 aliphatic heterocycles. The van der Waals surface area contributed by atoms with Crippen LogP contribution in [-0.4, -0.2) is 38.1 Å². The number of nitrogens with one attached hydrogen (secondary N) is 1. The van der Waals surface area contributed by atoms with E-state index in [1.54, 1.807) is 43.3 Å². The Morgan fingerprint density at radius 2 is 1.78 bits per heavy atom. The van der Waals surface area contributed by atoms with Gasteiger partial charge in [0.1, 0.15) is 10.6 Å². The smallest absolute Gasteiger partial charge is 0.225 e. The number of aromatic nitrogens is 1. The van der Waals surface area contributed by atoms with Crippen molar-refractivity contribution in [2.24, 2.45) is 0 Å². The summed E-state index contributed by atoms with van der Waals surface area (Å²) in [6.45, 7) is 5.09. The normalized spacial score (nSPS) is 11.2. The third kappa shape index (κ3) is 5.05. The molecule has 0 radical (unpaired) electrons. The van der Waals surface area contributed by atoms with E-state index in [1.165, 1.54) is 20.1 Å². The molecule has 2 aromatic carbocycles. The van der Waals surface area contributed by atoms with Crippen molar-refractivity contribution in [2.75, 3.05) is 18.2 Å². The molecule has 168 valence electrons. The van der Waals surface area contributed by atoms with Crippen LogP contribution in [0.25, 0.3) is 11.3 Å². The van der Waals surface area contributed by atoms with Crippen molar-refractivity contribution in [3.63, 3.8) is 0 Å². The van der Waals surface area contributed by atoms with Gasteiger partial charge < -0.3 is 14.6 Å². The largest absolute Gasteiger partial charge is 0.495 e. The van der Waals surface area contributed by atoms with E-state index in [1.807, 2.05) is 6.92 Å². The molecule has 8 nitrogen and oxygen atoms in total. The maximum Gasteiger partial charge on any atom is 0.225 e. The first kappa shape index (κ1) is 23.2. The van der Waals surface area contributed by atoms with Gasteiger partial charge in [-0.1, -0.05) is 5.16 Å². The molecule has 9 heteroatoms. The number of sulfone groups is 1. The van der Waals surface area contributed by atoms with Gasteiger partial charge in [-0.25, -0.2) is 8.42 Å². The number of ketones is 1. The number of Topliss-reactive ketones (excluding diaryl/α,β-unsaturated/α-hetero) is 1. The summed E-state index contributed by atoms with van der Waals surface area (Å²) in [7, 11) is -2.45. The minimum absolute atomic E-state index is 0.0236. The van der Waals surface area contributed by atoms with E-state index in [2.05, 4.69) is 10.5 Å². The quantitative estimate of drug-likeness (QED) is 0.510. The molecular formula is C23H24N2O6S. The number of ether oxygens (including phenoxy) is 1. The van der Waals surface area contributed by atoms with Crippen molar-refractivity contribution in [3.8, 4) is 17.1 Å². The lowest BCUT2D eigenvalue weighted by molar-refractivity contribution is -0.115. The number of aryl methyl sites for hydroxylation is 1. The Labute approximate surface area is 186 Å². The molecule has 0 bridgehead atoms. The predicted molar refractivity (Wildman–Crippen MR) is 120 cm³/mol. The molecule has 0 saturated carbocycles. The molecule has 0 atom stereocenters. The van der Waals surface area contributed by atoms with Crippen molar-refractivity contribution in [1.82, 2.24) is 5.16 Å². The standard InChI is InChI=1S/C23H24N2O6S/c1-14-15(2)25-31-23(14)18-7-10-20(30-4)21(13-18)32(28,29)12-11-22(27)24-19-8-5-17(6-9-19)16(3)26/h5-10,13H,11-12H2,1-4H3,(H,24,27). The number of amides is 1. The second-order valence-corrected chi connectivity index (χ2v) is 9.42. The van der Waals surface area contributed by atoms with Gasteiger partial charge >= 0.3 is 0 Å². The average Bonchev–Trinajstić information content (AvgIpc) is 3.10. The lowest BCUT2D eigenvalue weighted by Gasteiger charge is -2.11. The summed E-state index contributed by atoms with van der Waals surface area (Å²) in [6, 6.07) is 11.1. The van der Waals surface area contributed by atoms with Gasteiger partial charge in [0.15, 0.2) is 21.4 Å². The number of benzene rings is 2. The lowest BCUT2D eigenvalue weighted by Crippen LogP contribution is -2.18. The van der Waals surface area contributed by atoms with Gasteiger partial charge in [-0.3, -0.25) is 9.59 Å². The number of nitrogens with zero attached hydrogens (tertiary/aromatic N) is 1. The molecule has 3 aromatic rings. The molecule has 1 aromatic heterocycles. The molecule has 0 saturated heterocycles. The van der Waals surface area contributed by atoms with Gasteiger partial charge in [0.2, 0.25) is 5.91 Å². The van der Waals surface area contributed by atoms with Crippen molar-refractivity contribution >= 4 is 27.2 Å². The fourth-order valence-corrected chi connectivity index (χ4v) is 4.53. The van der Waals surface area contributed by atoms with E-state index in [0.717, 1.165) is 5.56 Å². The lowest BCUT2D eigenvalue weighted by atomic mass is 10.1. The van der Waals surface area contributed by atoms with E-state index in [-0.39, 0.29) is 22.8 Å². The van der Waals surface area contributed by atoms with E-state index in [4.69, 9.17) is 9.26 Å². The highest BCUT2D eigenvalue weighted by Crippen LogP contribution is 2.33. The maximum atomic E-state index is 13.0. The zero-order valence-electron chi connectivity index (χ0n) is 18.3. The Morgan fingerprint density at radius 3 is 2.34 bits per heavy atom. The number of rotatable bonds is 8. The Hall–Kier alpha value is -3.46. The van der Waals surface area contributed by atoms with E-state index in [9.17, 15) is 18.0 Å². The zero-order valence-corrected chi connectivity index (χ0v) is 19.1. The van der Waals surface area contributed by atoms with Crippen LogP contribution < -0.4 is 10.1 Å². The van der Waals surface area contributed by atoms with Crippen LogP contribution in [0.15, 0.2) is 51.9 Å². The van der Waals surface area contributed by atoms with E-state index in [0.29, 0.717) is 28.3 Å². The summed E-state index contributed by atoms with van der Waals surface area (Å²) in [4.78, 5) is 23.6. The number of methoxy groups -OCH3 is 1. The van der Waals surface area contributed by atoms with Crippen LogP contribution >= 0.6 is 0 Å². The highest BCUT2D eigenvalue weighted by atomic mass is 32.2. The Balaban J connectivity index is 1.76. The molecule has 0 aliphatic carbocycles. The second kappa shape index (κ2) is 9.35. The fourth-order valence-electron chi connectivity index (χ4n) is 3.09. The molecular weight excluding hydrogens is 432 g/mol. The van der Waals surface area contributed by atoms with Gasteiger partial charge in [0.05, 0.1) is 18.6 Å². The highest BCUT2D eigenvalue weighted by molar-refractivity contribution is 7.91. The van der Waals surface area contributed by atoms with Gasteiger partial charge in [0, 0.05) is 28.8 Å². The van der Waals surface area contributed by atoms with Crippen LogP contribution in [0, 0.1) is 13.8 Å². The van der Waals surface area contributed by atoms with Crippen LogP contribution in [-0.2, 0) is 14.6 Å². The zero-order chi connectivity index (χ0) is 23.5. The summed E-state index contributed by atoms with van der Waals surface area (Å²) >= 11 is 0. The number of hydrogen-bond donors (Lipinski definition) is 1. The van der Waals surface area contributed by atoms with E-state index < -0.39 is 21.5 Å². The first-order valence-electron chi connectivity index (χ1n) is 9.87. The molecule has 1 amide bonds. The molecule has 0 spiro atoms. The Kier molecular flexibility index (Phi) is 6.78. The van der Waals surface area contributed by atoms with Crippen molar-refractivity contribution < 1.29 is 27.3 Å². The molecule has 32 heavy (non-hydrogen) atoms. The van der Waals surface area contributed by atoms with Crippen LogP contribution in [0.4, 0.5) is 5.69 Å². The third-order valence-electron chi connectivity index (χ3n) is 5.09. The summed E-state index contributed by atoms with van der Waals surface area (Å²) in [6.07, 6.45) is -0.245. The second-order valence-electron chi connectivity index (χ2n) is 7.34. The third-order valence-corrected chi connectivity index (χ3v) is 6.82. The molecule has 0 fully saturated rings. The van der Waals surface area contributed by atoms with Crippen LogP contribution in [0.1, 0.15) is 35.0 Å². The number of carbonyl (C=O) groups is 2. The minimum Gasteiger partial charge on any atom is -0.495 e. The predicted octanol–water partition coefficient (Wildman–Crippen LogP) is 3.97. The number of carbonyl (C=O) groups excluding carboxylic acids is 2. The first-order valence-corrected chi connectivity index (χ1v) is 11.5. The highest BCUT2D eigenvalue weighted by Gasteiger charge is 2.23. The van der Waals surface area contributed by atoms with Gasteiger partial charge in [0.25, 0.3) is 0 Å². The molecule has 1 heterocycles. The number of hydrogen-bond acceptors (Lipinski definition) is 7. The van der Waals surface area contributed by atoms with Crippen LogP contribution in [0.2, 0.25) is 0 Å². The summed E-state index contributed by atoms with van der Waals surface area (Å²) in [5.41, 5.74) is 3.09. The molecule has 0 unspecified atom stereocenters. The average molecular weight is 457 g/mol. The number of anilines is 1. The molecule has 1 N–H and O–H groups in total. The summed E-state index contributed by atoms with van der Waals surface area (Å²) in [5.74, 6) is -0.281. The SMILES string of the molecule is COc1ccc(-c2onc(C)c2C)cc1S(=O)(=O)CCC(=O)Nc1ccc(C(C)=O)cc1. The van der Waals surface area contributed by atoms with Crippen molar-refractivity contribution in [1.29, 1.82) is 0 Å².